The third-order valence-corrected chi connectivity index (χ3v) is 2.01. The first-order chi connectivity index (χ1) is 7.30. The summed E-state index contributed by atoms with van der Waals surface area (Å²) < 4.78 is 0. The molecule has 0 atom stereocenters. The van der Waals surface area contributed by atoms with Crippen LogP contribution in [0.3, 0.4) is 0 Å². The van der Waals surface area contributed by atoms with Crippen molar-refractivity contribution in [1.29, 1.82) is 5.26 Å². The van der Waals surface area contributed by atoms with E-state index in [0.717, 1.165) is 29.7 Å². The van der Waals surface area contributed by atoms with Crippen LogP contribution in [0.2, 0.25) is 0 Å². The fourth-order valence-corrected chi connectivity index (χ4v) is 1.28. The van der Waals surface area contributed by atoms with Crippen molar-refractivity contribution in [3.63, 3.8) is 0 Å². The number of allylic oxidation sites excluding steroid dienone is 1. The van der Waals surface area contributed by atoms with Crippen LogP contribution < -0.4 is 0 Å². The Morgan fingerprint density at radius 1 is 1.67 bits per heavy atom. The van der Waals surface area contributed by atoms with E-state index in [0.29, 0.717) is 0 Å². The summed E-state index contributed by atoms with van der Waals surface area (Å²) in [6.45, 7) is 2.03. The number of pyridine rings is 1. The van der Waals surface area contributed by atoms with Gasteiger partial charge in [0.25, 0.3) is 0 Å². The molecule has 3 heteroatoms. The predicted octanol–water partition coefficient (Wildman–Crippen LogP) is 2.28. The summed E-state index contributed by atoms with van der Waals surface area (Å²) in [6.07, 6.45) is 5.11. The molecular weight excluding hydrogens is 188 g/mol. The third kappa shape index (κ3) is 3.53. The molecule has 0 saturated heterocycles. The molecule has 0 aliphatic carbocycles. The van der Waals surface area contributed by atoms with E-state index < -0.39 is 0 Å². The van der Waals surface area contributed by atoms with Gasteiger partial charge >= 0.3 is 0 Å². The van der Waals surface area contributed by atoms with Crippen LogP contribution in [0.5, 0.6) is 0 Å². The lowest BCUT2D eigenvalue weighted by molar-refractivity contribution is 0.281. The number of aromatic nitrogens is 1. The first-order valence-corrected chi connectivity index (χ1v) is 4.96. The van der Waals surface area contributed by atoms with E-state index in [1.54, 1.807) is 24.4 Å². The molecule has 0 spiro atoms. The second kappa shape index (κ2) is 5.94. The Balaban J connectivity index is 2.91. The van der Waals surface area contributed by atoms with Gasteiger partial charge in [-0.1, -0.05) is 13.3 Å². The van der Waals surface area contributed by atoms with Gasteiger partial charge in [0.05, 0.1) is 18.4 Å². The molecule has 0 fully saturated rings. The molecule has 0 unspecified atom stereocenters. The zero-order valence-corrected chi connectivity index (χ0v) is 8.77. The van der Waals surface area contributed by atoms with E-state index in [9.17, 15) is 0 Å². The average Bonchev–Trinajstić information content (AvgIpc) is 2.29. The summed E-state index contributed by atoms with van der Waals surface area (Å²) >= 11 is 0. The van der Waals surface area contributed by atoms with E-state index >= 15 is 0 Å². The van der Waals surface area contributed by atoms with E-state index in [1.165, 1.54) is 0 Å². The van der Waals surface area contributed by atoms with Crippen LogP contribution in [-0.2, 0) is 6.61 Å². The molecule has 0 radical (unpaired) electrons. The Bertz CT molecular complexity index is 391. The summed E-state index contributed by atoms with van der Waals surface area (Å²) in [5.41, 5.74) is 2.26. The molecule has 15 heavy (non-hydrogen) atoms. The minimum absolute atomic E-state index is 0.000968. The van der Waals surface area contributed by atoms with Crippen molar-refractivity contribution < 1.29 is 5.11 Å². The predicted molar refractivity (Wildman–Crippen MR) is 58.7 cm³/mol. The maximum absolute atomic E-state index is 8.94. The molecular formula is C12H14N2O. The van der Waals surface area contributed by atoms with E-state index in [2.05, 4.69) is 11.1 Å². The molecule has 1 N–H and O–H groups in total. The first-order valence-electron chi connectivity index (χ1n) is 4.96. The van der Waals surface area contributed by atoms with Crippen molar-refractivity contribution in [3.8, 4) is 6.07 Å². The molecule has 3 nitrogen and oxygen atoms in total. The summed E-state index contributed by atoms with van der Waals surface area (Å²) in [7, 11) is 0. The number of aliphatic hydroxyl groups is 1. The van der Waals surface area contributed by atoms with Crippen molar-refractivity contribution in [2.75, 3.05) is 0 Å². The second-order valence-electron chi connectivity index (χ2n) is 3.28. The van der Waals surface area contributed by atoms with E-state index in [1.807, 2.05) is 6.92 Å². The minimum atomic E-state index is -0.000968. The standard InChI is InChI=1S/C12H14N2O/c1-2-3-10(8-13)6-12-7-11(9-15)4-5-14-12/h4-7,15H,2-3,9H2,1H3/b10-6+. The third-order valence-electron chi connectivity index (χ3n) is 2.01. The van der Waals surface area contributed by atoms with Crippen molar-refractivity contribution >= 4 is 6.08 Å². The number of nitriles is 1. The lowest BCUT2D eigenvalue weighted by Gasteiger charge is -1.98. The van der Waals surface area contributed by atoms with Gasteiger partial charge in [0.1, 0.15) is 0 Å². The van der Waals surface area contributed by atoms with Crippen LogP contribution in [0, 0.1) is 11.3 Å². The number of rotatable bonds is 4. The number of hydrogen-bond donors (Lipinski definition) is 1. The fourth-order valence-electron chi connectivity index (χ4n) is 1.28. The summed E-state index contributed by atoms with van der Waals surface area (Å²) in [6, 6.07) is 5.69. The number of hydrogen-bond acceptors (Lipinski definition) is 3. The van der Waals surface area contributed by atoms with Gasteiger partial charge in [-0.2, -0.15) is 5.26 Å². The molecule has 0 aliphatic heterocycles. The zero-order valence-electron chi connectivity index (χ0n) is 8.77. The van der Waals surface area contributed by atoms with Gasteiger partial charge in [0.2, 0.25) is 0 Å². The Hall–Kier alpha value is -1.66. The normalized spacial score (nSPS) is 11.1. The van der Waals surface area contributed by atoms with Gasteiger partial charge in [-0.3, -0.25) is 4.98 Å². The van der Waals surface area contributed by atoms with Crippen molar-refractivity contribution in [1.82, 2.24) is 4.98 Å². The molecule has 1 rings (SSSR count). The van der Waals surface area contributed by atoms with Gasteiger partial charge in [0.15, 0.2) is 0 Å². The highest BCUT2D eigenvalue weighted by Gasteiger charge is 1.97. The molecule has 0 saturated carbocycles. The maximum atomic E-state index is 8.94. The quantitative estimate of drug-likeness (QED) is 0.762. The topological polar surface area (TPSA) is 56.9 Å². The molecule has 1 aromatic heterocycles. The largest absolute Gasteiger partial charge is 0.392 e. The number of aliphatic hydroxyl groups excluding tert-OH is 1. The molecule has 78 valence electrons. The zero-order chi connectivity index (χ0) is 11.1. The molecule has 0 amide bonds. The molecule has 1 aromatic rings. The monoisotopic (exact) mass is 202 g/mol. The van der Waals surface area contributed by atoms with Crippen LogP contribution in [0.1, 0.15) is 31.0 Å². The Labute approximate surface area is 89.7 Å². The minimum Gasteiger partial charge on any atom is -0.392 e. The summed E-state index contributed by atoms with van der Waals surface area (Å²) in [5.74, 6) is 0. The average molecular weight is 202 g/mol. The smallest absolute Gasteiger partial charge is 0.0947 e. The van der Waals surface area contributed by atoms with Crippen LogP contribution in [0.25, 0.3) is 6.08 Å². The molecule has 1 heterocycles. The van der Waals surface area contributed by atoms with Crippen molar-refractivity contribution in [3.05, 3.63) is 35.2 Å². The van der Waals surface area contributed by atoms with Gasteiger partial charge < -0.3 is 5.11 Å². The molecule has 0 aromatic carbocycles. The fraction of sp³-hybridized carbons (Fsp3) is 0.333. The van der Waals surface area contributed by atoms with Gasteiger partial charge in [-0.05, 0) is 30.2 Å². The Kier molecular flexibility index (Phi) is 4.52. The van der Waals surface area contributed by atoms with Crippen LogP contribution >= 0.6 is 0 Å². The Morgan fingerprint density at radius 2 is 2.47 bits per heavy atom. The second-order valence-corrected chi connectivity index (χ2v) is 3.28. The van der Waals surface area contributed by atoms with Crippen LogP contribution in [0.4, 0.5) is 0 Å². The maximum Gasteiger partial charge on any atom is 0.0947 e. The lowest BCUT2D eigenvalue weighted by Crippen LogP contribution is -1.88. The van der Waals surface area contributed by atoms with Crippen LogP contribution in [0.15, 0.2) is 23.9 Å². The summed E-state index contributed by atoms with van der Waals surface area (Å²) in [4.78, 5) is 4.12. The highest BCUT2D eigenvalue weighted by Crippen LogP contribution is 2.10. The molecule has 0 aliphatic rings. The number of nitrogens with zero attached hydrogens (tertiary/aromatic N) is 2. The highest BCUT2D eigenvalue weighted by molar-refractivity contribution is 5.54. The molecule has 0 bridgehead atoms. The van der Waals surface area contributed by atoms with Gasteiger partial charge in [-0.15, -0.1) is 0 Å². The van der Waals surface area contributed by atoms with E-state index in [-0.39, 0.29) is 6.61 Å². The summed E-state index contributed by atoms with van der Waals surface area (Å²) in [5, 5.41) is 17.8. The SMILES string of the molecule is CCC/C(C#N)=C\c1cc(CO)ccn1. The van der Waals surface area contributed by atoms with Gasteiger partial charge in [0, 0.05) is 11.8 Å². The van der Waals surface area contributed by atoms with E-state index in [4.69, 9.17) is 10.4 Å². The highest BCUT2D eigenvalue weighted by atomic mass is 16.3. The van der Waals surface area contributed by atoms with Gasteiger partial charge in [-0.25, -0.2) is 0 Å². The van der Waals surface area contributed by atoms with Crippen molar-refractivity contribution in [2.45, 2.75) is 26.4 Å². The van der Waals surface area contributed by atoms with Crippen LogP contribution in [-0.4, -0.2) is 10.1 Å². The first kappa shape index (κ1) is 11.4. The van der Waals surface area contributed by atoms with Crippen molar-refractivity contribution in [2.24, 2.45) is 0 Å². The lowest BCUT2D eigenvalue weighted by atomic mass is 10.1. The Morgan fingerprint density at radius 3 is 3.07 bits per heavy atom.